The number of aliphatic hydroxyl groups is 1. The predicted octanol–water partition coefficient (Wildman–Crippen LogP) is 0.917. The Labute approximate surface area is 77.0 Å². The van der Waals surface area contributed by atoms with Crippen LogP contribution in [-0.4, -0.2) is 16.3 Å². The van der Waals surface area contributed by atoms with E-state index in [9.17, 15) is 10.2 Å². The highest BCUT2D eigenvalue weighted by Gasteiger charge is 2.23. The Morgan fingerprint density at radius 2 is 2.23 bits per heavy atom. The maximum absolute atomic E-state index is 9.78. The summed E-state index contributed by atoms with van der Waals surface area (Å²) in [6.45, 7) is 2.66. The van der Waals surface area contributed by atoms with E-state index >= 15 is 0 Å². The van der Waals surface area contributed by atoms with Crippen LogP contribution in [-0.2, 0) is 6.54 Å². The molecule has 1 aliphatic heterocycles. The molecule has 3 heteroatoms. The summed E-state index contributed by atoms with van der Waals surface area (Å²) in [6.07, 6.45) is -0.468. The molecule has 0 spiro atoms. The average molecular weight is 179 g/mol. The Morgan fingerprint density at radius 1 is 1.46 bits per heavy atom. The molecule has 0 amide bonds. The molecule has 0 saturated heterocycles. The zero-order valence-corrected chi connectivity index (χ0v) is 7.49. The second-order valence-corrected chi connectivity index (χ2v) is 3.50. The van der Waals surface area contributed by atoms with E-state index in [4.69, 9.17) is 0 Å². The van der Waals surface area contributed by atoms with Crippen molar-refractivity contribution in [3.05, 3.63) is 29.3 Å². The smallest absolute Gasteiger partial charge is 0.115 e. The Morgan fingerprint density at radius 3 is 3.00 bits per heavy atom. The lowest BCUT2D eigenvalue weighted by atomic mass is 9.94. The molecule has 70 valence electrons. The quantitative estimate of drug-likeness (QED) is 0.555. The monoisotopic (exact) mass is 179 g/mol. The molecule has 1 heterocycles. The Hall–Kier alpha value is -1.06. The second kappa shape index (κ2) is 3.01. The predicted molar refractivity (Wildman–Crippen MR) is 49.4 cm³/mol. The molecule has 1 aliphatic rings. The molecule has 2 rings (SSSR count). The number of hydrogen-bond donors (Lipinski definition) is 3. The van der Waals surface area contributed by atoms with Gasteiger partial charge in [-0.2, -0.15) is 0 Å². The largest absolute Gasteiger partial charge is 0.508 e. The summed E-state index contributed by atoms with van der Waals surface area (Å²) in [7, 11) is 0. The van der Waals surface area contributed by atoms with Gasteiger partial charge in [0.2, 0.25) is 0 Å². The van der Waals surface area contributed by atoms with Crippen molar-refractivity contribution in [2.45, 2.75) is 25.6 Å². The summed E-state index contributed by atoms with van der Waals surface area (Å²) in [5.74, 6) is 0.252. The van der Waals surface area contributed by atoms with Gasteiger partial charge in [0.25, 0.3) is 0 Å². The summed E-state index contributed by atoms with van der Waals surface area (Å²) < 4.78 is 0. The van der Waals surface area contributed by atoms with Gasteiger partial charge in [-0.3, -0.25) is 0 Å². The number of aromatic hydroxyl groups is 1. The van der Waals surface area contributed by atoms with E-state index in [1.807, 2.05) is 6.92 Å². The minimum absolute atomic E-state index is 0.0806. The summed E-state index contributed by atoms with van der Waals surface area (Å²) in [5, 5.41) is 22.2. The Kier molecular flexibility index (Phi) is 1.98. The van der Waals surface area contributed by atoms with Crippen LogP contribution < -0.4 is 5.32 Å². The van der Waals surface area contributed by atoms with Crippen LogP contribution in [0.5, 0.6) is 5.75 Å². The van der Waals surface area contributed by atoms with Gasteiger partial charge in [-0.05, 0) is 30.2 Å². The van der Waals surface area contributed by atoms with Crippen LogP contribution in [0.1, 0.15) is 24.2 Å². The van der Waals surface area contributed by atoms with Gasteiger partial charge in [0.05, 0.1) is 6.10 Å². The van der Waals surface area contributed by atoms with E-state index in [0.29, 0.717) is 6.54 Å². The molecule has 2 unspecified atom stereocenters. The van der Waals surface area contributed by atoms with Crippen LogP contribution in [0.15, 0.2) is 18.2 Å². The maximum atomic E-state index is 9.78. The zero-order valence-electron chi connectivity index (χ0n) is 7.49. The molecular formula is C10H13NO2. The number of nitrogens with one attached hydrogen (secondary N) is 1. The first-order valence-electron chi connectivity index (χ1n) is 4.41. The number of phenols is 1. The molecule has 0 radical (unpaired) electrons. The van der Waals surface area contributed by atoms with Gasteiger partial charge in [-0.1, -0.05) is 6.07 Å². The summed E-state index contributed by atoms with van der Waals surface area (Å²) in [4.78, 5) is 0. The molecule has 3 N–H and O–H groups in total. The lowest BCUT2D eigenvalue weighted by molar-refractivity contribution is 0.125. The van der Waals surface area contributed by atoms with Crippen LogP contribution in [0.4, 0.5) is 0 Å². The highest BCUT2D eigenvalue weighted by atomic mass is 16.3. The van der Waals surface area contributed by atoms with E-state index in [2.05, 4.69) is 5.32 Å². The number of phenolic OH excluding ortho intramolecular Hbond substituents is 1. The molecule has 0 saturated carbocycles. The fourth-order valence-electron chi connectivity index (χ4n) is 1.69. The summed E-state index contributed by atoms with van der Waals surface area (Å²) in [5.41, 5.74) is 1.90. The van der Waals surface area contributed by atoms with Crippen molar-refractivity contribution in [1.29, 1.82) is 0 Å². The van der Waals surface area contributed by atoms with Crippen molar-refractivity contribution in [2.24, 2.45) is 0 Å². The number of benzene rings is 1. The van der Waals surface area contributed by atoms with Crippen molar-refractivity contribution in [2.75, 3.05) is 0 Å². The SMILES string of the molecule is CC1NCc2cc(O)ccc2C1O. The van der Waals surface area contributed by atoms with Gasteiger partial charge in [0.1, 0.15) is 5.75 Å². The molecule has 0 fully saturated rings. The summed E-state index contributed by atoms with van der Waals surface area (Å²) in [6, 6.07) is 5.17. The lowest BCUT2D eigenvalue weighted by Crippen LogP contribution is -2.36. The fraction of sp³-hybridized carbons (Fsp3) is 0.400. The van der Waals surface area contributed by atoms with Crippen LogP contribution in [0.25, 0.3) is 0 Å². The molecule has 3 nitrogen and oxygen atoms in total. The first-order valence-corrected chi connectivity index (χ1v) is 4.41. The third-order valence-electron chi connectivity index (χ3n) is 2.53. The van der Waals surface area contributed by atoms with Gasteiger partial charge >= 0.3 is 0 Å². The Bertz CT molecular complexity index is 325. The van der Waals surface area contributed by atoms with Crippen molar-refractivity contribution < 1.29 is 10.2 Å². The van der Waals surface area contributed by atoms with Gasteiger partial charge in [0.15, 0.2) is 0 Å². The van der Waals surface area contributed by atoms with Crippen molar-refractivity contribution in [3.8, 4) is 5.75 Å². The van der Waals surface area contributed by atoms with E-state index in [1.54, 1.807) is 18.2 Å². The standard InChI is InChI=1S/C10H13NO2/c1-6-10(13)9-3-2-8(12)4-7(9)5-11-6/h2-4,6,10-13H,5H2,1H3. The number of hydrogen-bond acceptors (Lipinski definition) is 3. The maximum Gasteiger partial charge on any atom is 0.115 e. The topological polar surface area (TPSA) is 52.5 Å². The van der Waals surface area contributed by atoms with Gasteiger partial charge < -0.3 is 15.5 Å². The number of aliphatic hydroxyl groups excluding tert-OH is 1. The molecule has 0 bridgehead atoms. The van der Waals surface area contributed by atoms with Gasteiger partial charge in [0, 0.05) is 12.6 Å². The normalized spacial score (nSPS) is 26.9. The van der Waals surface area contributed by atoms with E-state index < -0.39 is 6.10 Å². The number of rotatable bonds is 0. The van der Waals surface area contributed by atoms with Crippen LogP contribution >= 0.6 is 0 Å². The minimum Gasteiger partial charge on any atom is -0.508 e. The van der Waals surface area contributed by atoms with Crippen LogP contribution in [0.2, 0.25) is 0 Å². The molecule has 13 heavy (non-hydrogen) atoms. The van der Waals surface area contributed by atoms with Gasteiger partial charge in [-0.25, -0.2) is 0 Å². The highest BCUT2D eigenvalue weighted by Crippen LogP contribution is 2.28. The summed E-state index contributed by atoms with van der Waals surface area (Å²) >= 11 is 0. The van der Waals surface area contributed by atoms with Crippen molar-refractivity contribution >= 4 is 0 Å². The van der Waals surface area contributed by atoms with Crippen molar-refractivity contribution in [3.63, 3.8) is 0 Å². The molecule has 2 atom stereocenters. The average Bonchev–Trinajstić information content (AvgIpc) is 2.12. The first-order chi connectivity index (χ1) is 6.18. The van der Waals surface area contributed by atoms with Crippen LogP contribution in [0.3, 0.4) is 0 Å². The highest BCUT2D eigenvalue weighted by molar-refractivity contribution is 5.38. The second-order valence-electron chi connectivity index (χ2n) is 3.50. The third-order valence-corrected chi connectivity index (χ3v) is 2.53. The number of fused-ring (bicyclic) bond motifs is 1. The molecule has 0 aromatic heterocycles. The van der Waals surface area contributed by atoms with Crippen LogP contribution in [0, 0.1) is 0 Å². The minimum atomic E-state index is -0.468. The Balaban J connectivity index is 2.44. The zero-order chi connectivity index (χ0) is 9.42. The third kappa shape index (κ3) is 1.41. The van der Waals surface area contributed by atoms with E-state index in [1.165, 1.54) is 0 Å². The first kappa shape index (κ1) is 8.53. The molecule has 0 aliphatic carbocycles. The van der Waals surface area contributed by atoms with Crippen molar-refractivity contribution in [1.82, 2.24) is 5.32 Å². The molecule has 1 aromatic carbocycles. The van der Waals surface area contributed by atoms with E-state index in [-0.39, 0.29) is 11.8 Å². The van der Waals surface area contributed by atoms with E-state index in [0.717, 1.165) is 11.1 Å². The molecule has 1 aromatic rings. The lowest BCUT2D eigenvalue weighted by Gasteiger charge is -2.28. The van der Waals surface area contributed by atoms with Gasteiger partial charge in [-0.15, -0.1) is 0 Å². The fourth-order valence-corrected chi connectivity index (χ4v) is 1.69. The molecular weight excluding hydrogens is 166 g/mol.